The van der Waals surface area contributed by atoms with Crippen LogP contribution < -0.4 is 0 Å². The van der Waals surface area contributed by atoms with E-state index in [9.17, 15) is 27.9 Å². The van der Waals surface area contributed by atoms with Gasteiger partial charge in [0.2, 0.25) is 0 Å². The van der Waals surface area contributed by atoms with E-state index in [2.05, 4.69) is 0 Å². The lowest BCUT2D eigenvalue weighted by Gasteiger charge is -2.42. The van der Waals surface area contributed by atoms with Crippen molar-refractivity contribution in [1.82, 2.24) is 4.90 Å². The van der Waals surface area contributed by atoms with Crippen LogP contribution in [0.3, 0.4) is 0 Å². The van der Waals surface area contributed by atoms with Gasteiger partial charge in [-0.2, -0.15) is 13.2 Å². The number of carboxylic acids is 1. The number of halogens is 3. The van der Waals surface area contributed by atoms with Crippen molar-refractivity contribution in [2.45, 2.75) is 64.7 Å². The highest BCUT2D eigenvalue weighted by Crippen LogP contribution is 2.47. The van der Waals surface area contributed by atoms with Gasteiger partial charge in [0.05, 0.1) is 12.0 Å². The fraction of sp³-hybridized carbons (Fsp3) is 0.882. The van der Waals surface area contributed by atoms with Gasteiger partial charge < -0.3 is 14.7 Å². The second kappa shape index (κ2) is 7.13. The largest absolute Gasteiger partial charge is 0.481 e. The summed E-state index contributed by atoms with van der Waals surface area (Å²) in [5.41, 5.74) is -1.08. The van der Waals surface area contributed by atoms with Crippen molar-refractivity contribution >= 4 is 11.9 Å². The molecule has 25 heavy (non-hydrogen) atoms. The van der Waals surface area contributed by atoms with Crippen LogP contribution in [-0.2, 0) is 14.3 Å². The summed E-state index contributed by atoms with van der Waals surface area (Å²) >= 11 is 0. The number of aliphatic carboxylic acids is 1. The number of carboxylic acid groups (broad SMARTS) is 1. The molecule has 0 spiro atoms. The maximum absolute atomic E-state index is 13.2. The van der Waals surface area contributed by atoms with Crippen LogP contribution in [0.2, 0.25) is 0 Å². The molecule has 0 aromatic carbocycles. The first-order chi connectivity index (χ1) is 11.5. The van der Waals surface area contributed by atoms with E-state index >= 15 is 0 Å². The Labute approximate surface area is 145 Å². The highest BCUT2D eigenvalue weighted by atomic mass is 19.4. The van der Waals surface area contributed by atoms with Crippen LogP contribution >= 0.6 is 0 Å². The number of ether oxygens (including phenoxy) is 1. The molecule has 8 heteroatoms. The van der Waals surface area contributed by atoms with E-state index in [-0.39, 0.29) is 31.1 Å². The van der Waals surface area contributed by atoms with E-state index in [0.29, 0.717) is 19.6 Å². The van der Waals surface area contributed by atoms with E-state index < -0.39 is 35.6 Å². The molecule has 0 aromatic heterocycles. The standard InChI is InChI=1S/C17H26F3NO4/c1-10(2)16(15(23)24)6-4-12(8-16)21(14(22)17(18,19)20)13-5-7-25-9-11(13)3/h10-13H,4-9H2,1-3H3,(H,23,24)/t11-,12?,13+,16+/m1/s1. The summed E-state index contributed by atoms with van der Waals surface area (Å²) < 4.78 is 44.9. The Hall–Kier alpha value is -1.31. The molecule has 0 aromatic rings. The Morgan fingerprint density at radius 2 is 1.92 bits per heavy atom. The summed E-state index contributed by atoms with van der Waals surface area (Å²) in [6, 6.07) is -1.29. The number of rotatable bonds is 4. The van der Waals surface area contributed by atoms with Gasteiger partial charge in [0.25, 0.3) is 0 Å². The number of nitrogens with zero attached hydrogens (tertiary/aromatic N) is 1. The second-order valence-corrected chi connectivity index (χ2v) is 7.63. The predicted octanol–water partition coefficient (Wildman–Crippen LogP) is 3.08. The molecule has 1 saturated carbocycles. The van der Waals surface area contributed by atoms with Crippen molar-refractivity contribution in [3.8, 4) is 0 Å². The van der Waals surface area contributed by atoms with Crippen molar-refractivity contribution in [3.63, 3.8) is 0 Å². The van der Waals surface area contributed by atoms with Crippen LogP contribution in [0.4, 0.5) is 13.2 Å². The summed E-state index contributed by atoms with van der Waals surface area (Å²) in [5, 5.41) is 9.65. The Kier molecular flexibility index (Phi) is 5.71. The van der Waals surface area contributed by atoms with Gasteiger partial charge in [-0.1, -0.05) is 20.8 Å². The summed E-state index contributed by atoms with van der Waals surface area (Å²) in [7, 11) is 0. The summed E-state index contributed by atoms with van der Waals surface area (Å²) in [5.74, 6) is -3.30. The molecule has 1 aliphatic heterocycles. The first-order valence-corrected chi connectivity index (χ1v) is 8.71. The maximum Gasteiger partial charge on any atom is 0.471 e. The topological polar surface area (TPSA) is 66.8 Å². The number of carbonyl (C=O) groups excluding carboxylic acids is 1. The molecule has 1 amide bonds. The van der Waals surface area contributed by atoms with Gasteiger partial charge >= 0.3 is 18.1 Å². The molecule has 1 heterocycles. The molecular formula is C17H26F3NO4. The molecule has 2 aliphatic rings. The lowest BCUT2D eigenvalue weighted by atomic mass is 9.75. The van der Waals surface area contributed by atoms with E-state index in [1.807, 2.05) is 0 Å². The SMILES string of the molecule is CC(C)[C@]1(C(=O)O)CCC(N(C(=O)C(F)(F)F)[C@H]2CCOC[C@H]2C)C1. The number of alkyl halides is 3. The second-order valence-electron chi connectivity index (χ2n) is 7.63. The van der Waals surface area contributed by atoms with E-state index in [1.54, 1.807) is 20.8 Å². The van der Waals surface area contributed by atoms with Crippen LogP contribution in [0.25, 0.3) is 0 Å². The van der Waals surface area contributed by atoms with E-state index in [0.717, 1.165) is 4.90 Å². The average Bonchev–Trinajstić information content (AvgIpc) is 2.95. The van der Waals surface area contributed by atoms with Gasteiger partial charge in [0.15, 0.2) is 0 Å². The van der Waals surface area contributed by atoms with Gasteiger partial charge in [-0.25, -0.2) is 0 Å². The highest BCUT2D eigenvalue weighted by molar-refractivity contribution is 5.83. The minimum atomic E-state index is -4.97. The monoisotopic (exact) mass is 365 g/mol. The number of carbonyl (C=O) groups is 2. The Morgan fingerprint density at radius 3 is 2.36 bits per heavy atom. The van der Waals surface area contributed by atoms with Gasteiger partial charge in [0, 0.05) is 24.6 Å². The van der Waals surface area contributed by atoms with Crippen LogP contribution in [0.1, 0.15) is 46.5 Å². The van der Waals surface area contributed by atoms with Crippen molar-refractivity contribution < 1.29 is 32.6 Å². The molecule has 1 aliphatic carbocycles. The zero-order chi connectivity index (χ0) is 19.0. The molecule has 1 unspecified atom stereocenters. The number of amides is 1. The van der Waals surface area contributed by atoms with E-state index in [4.69, 9.17) is 4.74 Å². The Bertz CT molecular complexity index is 523. The number of hydrogen-bond acceptors (Lipinski definition) is 3. The summed E-state index contributed by atoms with van der Waals surface area (Å²) in [6.45, 7) is 5.90. The molecule has 2 fully saturated rings. The van der Waals surface area contributed by atoms with Gasteiger partial charge in [0.1, 0.15) is 0 Å². The molecule has 4 atom stereocenters. The molecular weight excluding hydrogens is 339 g/mol. The smallest absolute Gasteiger partial charge is 0.471 e. The number of hydrogen-bond donors (Lipinski definition) is 1. The third-order valence-electron chi connectivity index (χ3n) is 5.88. The lowest BCUT2D eigenvalue weighted by Crippen LogP contribution is -2.56. The minimum Gasteiger partial charge on any atom is -0.481 e. The molecule has 2 rings (SSSR count). The van der Waals surface area contributed by atoms with Crippen LogP contribution in [0, 0.1) is 17.3 Å². The molecule has 1 saturated heterocycles. The van der Waals surface area contributed by atoms with Crippen molar-refractivity contribution in [2.24, 2.45) is 17.3 Å². The fourth-order valence-electron chi connectivity index (χ4n) is 4.27. The lowest BCUT2D eigenvalue weighted by molar-refractivity contribution is -0.194. The van der Waals surface area contributed by atoms with Gasteiger partial charge in [-0.05, 0) is 31.6 Å². The van der Waals surface area contributed by atoms with Gasteiger partial charge in [-0.3, -0.25) is 9.59 Å². The van der Waals surface area contributed by atoms with Crippen molar-refractivity contribution in [2.75, 3.05) is 13.2 Å². The van der Waals surface area contributed by atoms with Crippen molar-refractivity contribution in [3.05, 3.63) is 0 Å². The Balaban J connectivity index is 2.33. The minimum absolute atomic E-state index is 0.0614. The first-order valence-electron chi connectivity index (χ1n) is 8.71. The van der Waals surface area contributed by atoms with Crippen LogP contribution in [0.5, 0.6) is 0 Å². The molecule has 0 bridgehead atoms. The Morgan fingerprint density at radius 1 is 1.28 bits per heavy atom. The van der Waals surface area contributed by atoms with Gasteiger partial charge in [-0.15, -0.1) is 0 Å². The average molecular weight is 365 g/mol. The van der Waals surface area contributed by atoms with Crippen molar-refractivity contribution in [1.29, 1.82) is 0 Å². The third-order valence-corrected chi connectivity index (χ3v) is 5.88. The normalized spacial score (nSPS) is 33.5. The molecule has 5 nitrogen and oxygen atoms in total. The summed E-state index contributed by atoms with van der Waals surface area (Å²) in [6.07, 6.45) is -4.02. The van der Waals surface area contributed by atoms with Crippen LogP contribution in [0.15, 0.2) is 0 Å². The predicted molar refractivity (Wildman–Crippen MR) is 83.8 cm³/mol. The van der Waals surface area contributed by atoms with Crippen LogP contribution in [-0.4, -0.2) is 53.4 Å². The third kappa shape index (κ3) is 3.78. The zero-order valence-electron chi connectivity index (χ0n) is 14.8. The molecule has 144 valence electrons. The quantitative estimate of drug-likeness (QED) is 0.831. The van der Waals surface area contributed by atoms with E-state index in [1.165, 1.54) is 0 Å². The molecule has 0 radical (unpaired) electrons. The first kappa shape index (κ1) is 20.0. The fourth-order valence-corrected chi connectivity index (χ4v) is 4.27. The zero-order valence-corrected chi connectivity index (χ0v) is 14.8. The molecule has 1 N–H and O–H groups in total. The maximum atomic E-state index is 13.2. The summed E-state index contributed by atoms with van der Waals surface area (Å²) in [4.78, 5) is 24.9. The highest BCUT2D eigenvalue weighted by Gasteiger charge is 2.54.